The number of benzene rings is 1. The maximum absolute atomic E-state index is 13.2. The third-order valence-corrected chi connectivity index (χ3v) is 5.71. The third-order valence-electron chi connectivity index (χ3n) is 4.84. The van der Waals surface area contributed by atoms with Gasteiger partial charge in [0, 0.05) is 11.6 Å². The van der Waals surface area contributed by atoms with Crippen LogP contribution in [0, 0.1) is 5.92 Å². The summed E-state index contributed by atoms with van der Waals surface area (Å²) in [5.41, 5.74) is -0.590. The van der Waals surface area contributed by atoms with Gasteiger partial charge in [0.05, 0.1) is 10.9 Å². The molecule has 0 amide bonds. The highest BCUT2D eigenvalue weighted by molar-refractivity contribution is 7.13. The van der Waals surface area contributed by atoms with Crippen LogP contribution >= 0.6 is 11.3 Å². The number of fused-ring (bicyclic) bond motifs is 1. The molecule has 10 nitrogen and oxygen atoms in total. The molecule has 0 fully saturated rings. The van der Waals surface area contributed by atoms with Crippen molar-refractivity contribution in [2.24, 2.45) is 11.0 Å². The van der Waals surface area contributed by atoms with Gasteiger partial charge in [-0.15, -0.1) is 21.8 Å². The molecule has 0 spiro atoms. The summed E-state index contributed by atoms with van der Waals surface area (Å²) in [4.78, 5) is 11.9. The van der Waals surface area contributed by atoms with E-state index in [-0.39, 0.29) is 34.2 Å². The Balaban J connectivity index is 1.91. The lowest BCUT2D eigenvalue weighted by Gasteiger charge is -2.24. The van der Waals surface area contributed by atoms with Crippen molar-refractivity contribution >= 4 is 28.5 Å². The number of aryl methyl sites for hydroxylation is 1. The Labute approximate surface area is 181 Å². The summed E-state index contributed by atoms with van der Waals surface area (Å²) in [5.74, 6) is -0.515. The van der Waals surface area contributed by atoms with Gasteiger partial charge < -0.3 is 15.5 Å². The number of thiophene rings is 1. The zero-order valence-electron chi connectivity index (χ0n) is 16.8. The molecule has 4 rings (SSSR count). The second-order valence-electron chi connectivity index (χ2n) is 7.60. The summed E-state index contributed by atoms with van der Waals surface area (Å²) in [7, 11) is 0. The van der Waals surface area contributed by atoms with Crippen LogP contribution in [0.2, 0.25) is 0 Å². The summed E-state index contributed by atoms with van der Waals surface area (Å²) in [6.07, 6.45) is 0.684. The second kappa shape index (κ2) is 7.78. The summed E-state index contributed by atoms with van der Waals surface area (Å²) in [6.45, 7) is 4.36. The van der Waals surface area contributed by atoms with E-state index in [4.69, 9.17) is 0 Å². The predicted octanol–water partition coefficient (Wildman–Crippen LogP) is 3.30. The molecule has 1 aliphatic rings. The minimum atomic E-state index is -1.95. The fraction of sp³-hybridized carbons (Fsp3) is 0.250. The van der Waals surface area contributed by atoms with E-state index in [1.54, 1.807) is 12.1 Å². The summed E-state index contributed by atoms with van der Waals surface area (Å²) >= 11 is 1.35. The Bertz CT molecular complexity index is 1220. The van der Waals surface area contributed by atoms with Crippen molar-refractivity contribution < 1.29 is 20.6 Å². The number of quaternary nitrogens is 1. The van der Waals surface area contributed by atoms with Crippen LogP contribution in [0.5, 0.6) is 11.5 Å². The van der Waals surface area contributed by atoms with E-state index in [0.29, 0.717) is 23.8 Å². The number of hydrogen-bond donors (Lipinski definition) is 5. The summed E-state index contributed by atoms with van der Waals surface area (Å²) < 4.78 is 1.25. The summed E-state index contributed by atoms with van der Waals surface area (Å²) in [5, 5.41) is 54.3. The number of nitrogens with one attached hydrogen (secondary N) is 1. The molecule has 5 N–H and O–H groups in total. The number of hydrogen-bond acceptors (Lipinski definition) is 9. The van der Waals surface area contributed by atoms with Crippen LogP contribution in [0.1, 0.15) is 25.8 Å². The van der Waals surface area contributed by atoms with Crippen LogP contribution in [0.25, 0.3) is 10.6 Å². The van der Waals surface area contributed by atoms with Crippen LogP contribution in [0.3, 0.4) is 0 Å². The lowest BCUT2D eigenvalue weighted by atomic mass is 10.1. The van der Waals surface area contributed by atoms with Gasteiger partial charge in [-0.2, -0.15) is 5.10 Å². The molecule has 0 radical (unpaired) electrons. The minimum absolute atomic E-state index is 0.143. The molecule has 0 saturated heterocycles. The Hall–Kier alpha value is -3.25. The molecule has 11 heteroatoms. The van der Waals surface area contributed by atoms with Crippen molar-refractivity contribution in [3.63, 3.8) is 0 Å². The Morgan fingerprint density at radius 2 is 2.00 bits per heavy atom. The van der Waals surface area contributed by atoms with Gasteiger partial charge in [0.15, 0.2) is 5.75 Å². The fourth-order valence-corrected chi connectivity index (χ4v) is 3.93. The van der Waals surface area contributed by atoms with Crippen molar-refractivity contribution in [1.82, 2.24) is 14.7 Å². The largest absolute Gasteiger partial charge is 0.508 e. The lowest BCUT2D eigenvalue weighted by molar-refractivity contribution is -0.291. The van der Waals surface area contributed by atoms with Crippen molar-refractivity contribution in [2.45, 2.75) is 26.8 Å². The monoisotopic (exact) mass is 444 g/mol. The fourth-order valence-electron chi connectivity index (χ4n) is 3.22. The van der Waals surface area contributed by atoms with Crippen molar-refractivity contribution in [3.8, 4) is 22.1 Å². The van der Waals surface area contributed by atoms with E-state index < -0.39 is 16.2 Å². The van der Waals surface area contributed by atoms with Crippen molar-refractivity contribution in [3.05, 3.63) is 51.6 Å². The number of rotatable bonds is 5. The van der Waals surface area contributed by atoms with E-state index in [9.17, 15) is 25.4 Å². The van der Waals surface area contributed by atoms with Gasteiger partial charge in [0.2, 0.25) is 5.84 Å². The predicted molar refractivity (Wildman–Crippen MR) is 117 cm³/mol. The molecule has 1 aromatic carbocycles. The molecule has 3 aromatic rings. The Morgan fingerprint density at radius 3 is 2.68 bits per heavy atom. The maximum atomic E-state index is 13.2. The van der Waals surface area contributed by atoms with Crippen molar-refractivity contribution in [1.29, 1.82) is 0 Å². The topological polar surface area (TPSA) is 140 Å². The number of aromatic nitrogens is 2. The van der Waals surface area contributed by atoms with Gasteiger partial charge in [-0.05, 0) is 35.9 Å². The number of anilines is 1. The molecule has 3 heterocycles. The van der Waals surface area contributed by atoms with E-state index in [1.165, 1.54) is 28.2 Å². The third kappa shape index (κ3) is 3.91. The molecule has 162 valence electrons. The molecule has 0 saturated carbocycles. The number of phenols is 1. The number of amidine groups is 1. The van der Waals surface area contributed by atoms with Crippen LogP contribution in [-0.2, 0) is 6.54 Å². The number of aromatic hydroxyl groups is 2. The number of phenolic OH excluding ortho intramolecular Hbond substituents is 1. The highest BCUT2D eigenvalue weighted by atomic mass is 32.1. The van der Waals surface area contributed by atoms with Gasteiger partial charge in [-0.25, -0.2) is 4.68 Å². The van der Waals surface area contributed by atoms with Crippen LogP contribution in [0.4, 0.5) is 11.4 Å². The van der Waals surface area contributed by atoms with E-state index >= 15 is 0 Å². The zero-order valence-corrected chi connectivity index (χ0v) is 17.7. The highest BCUT2D eigenvalue weighted by Gasteiger charge is 2.39. The zero-order chi connectivity index (χ0) is 22.3. The minimum Gasteiger partial charge on any atom is -0.508 e. The Kier molecular flexibility index (Phi) is 5.27. The van der Waals surface area contributed by atoms with E-state index in [0.717, 1.165) is 6.07 Å². The first kappa shape index (κ1) is 21.0. The van der Waals surface area contributed by atoms with Crippen LogP contribution in [0.15, 0.2) is 45.6 Å². The molecular formula is C20H22N5O5S+. The molecule has 2 aromatic heterocycles. The highest BCUT2D eigenvalue weighted by Crippen LogP contribution is 2.38. The first-order chi connectivity index (χ1) is 14.7. The molecule has 1 aliphatic heterocycles. The van der Waals surface area contributed by atoms with Crippen LogP contribution in [-0.4, -0.2) is 36.2 Å². The standard InChI is InChI=1S/C20H21N5O5S/c1-11(2)7-8-24-20(28)16(18(27)17(22-24)15-4-3-9-31-15)19-21-13-6-5-12(26)10-14(13)25(29,30)23-19/h3-6,9-11,29-30H,7-8H2,1-2H3,(H2-,21,22,23,26,27,28)/p+1. The van der Waals surface area contributed by atoms with Gasteiger partial charge >= 0.3 is 0 Å². The molecule has 0 aliphatic carbocycles. The smallest absolute Gasteiger partial charge is 0.281 e. The van der Waals surface area contributed by atoms with E-state index in [1.807, 2.05) is 19.2 Å². The van der Waals surface area contributed by atoms with Crippen LogP contribution < -0.4 is 15.8 Å². The van der Waals surface area contributed by atoms with Gasteiger partial charge in [-0.3, -0.25) is 4.79 Å². The lowest BCUT2D eigenvalue weighted by Crippen LogP contribution is -2.44. The molecule has 31 heavy (non-hydrogen) atoms. The molecule has 0 atom stereocenters. The SMILES string of the molecule is CC(C)CCn1nc(-c2cccs2)c(O)c(C2=N[N+](O)(O)c3cc(O)ccc3N2)c1=O. The Morgan fingerprint density at radius 1 is 1.23 bits per heavy atom. The average Bonchev–Trinajstić information content (AvgIpc) is 3.22. The number of nitrogens with zero attached hydrogens (tertiary/aromatic N) is 4. The van der Waals surface area contributed by atoms with Crippen molar-refractivity contribution in [2.75, 3.05) is 5.32 Å². The average molecular weight is 444 g/mol. The van der Waals surface area contributed by atoms with Gasteiger partial charge in [-0.1, -0.05) is 19.9 Å². The van der Waals surface area contributed by atoms with Gasteiger partial charge in [0.25, 0.3) is 11.2 Å². The molecule has 0 bridgehead atoms. The van der Waals surface area contributed by atoms with E-state index in [2.05, 4.69) is 15.5 Å². The summed E-state index contributed by atoms with van der Waals surface area (Å²) in [6, 6.07) is 7.45. The normalized spacial score (nSPS) is 14.8. The second-order valence-corrected chi connectivity index (χ2v) is 8.55. The first-order valence-electron chi connectivity index (χ1n) is 9.61. The first-order valence-corrected chi connectivity index (χ1v) is 10.5. The molecular weight excluding hydrogens is 422 g/mol. The quantitative estimate of drug-likeness (QED) is 0.300. The molecule has 0 unspecified atom stereocenters. The van der Waals surface area contributed by atoms with Gasteiger partial charge in [0.1, 0.15) is 27.6 Å². The maximum Gasteiger partial charge on any atom is 0.281 e.